The number of pyridine rings is 1. The number of nitrogen functional groups attached to an aromatic ring is 1. The molecule has 0 radical (unpaired) electrons. The first kappa shape index (κ1) is 15.3. The number of hydrogen-bond acceptors (Lipinski definition) is 5. The van der Waals surface area contributed by atoms with E-state index in [2.05, 4.69) is 9.97 Å². The van der Waals surface area contributed by atoms with Gasteiger partial charge in [0.2, 0.25) is 5.91 Å². The van der Waals surface area contributed by atoms with Gasteiger partial charge in [0.25, 0.3) is 0 Å². The predicted octanol–water partition coefficient (Wildman–Crippen LogP) is 2.77. The summed E-state index contributed by atoms with van der Waals surface area (Å²) in [4.78, 5) is 28.2. The zero-order chi connectivity index (χ0) is 16.7. The number of hydrogen-bond donors (Lipinski definition) is 1. The summed E-state index contributed by atoms with van der Waals surface area (Å²) >= 11 is 0. The maximum atomic E-state index is 12.9. The number of nitrogens with two attached hydrogens (primary N) is 1. The lowest BCUT2D eigenvalue weighted by Crippen LogP contribution is -2.35. The van der Waals surface area contributed by atoms with Gasteiger partial charge >= 0.3 is 0 Å². The Morgan fingerprint density at radius 3 is 2.71 bits per heavy atom. The lowest BCUT2D eigenvalue weighted by molar-refractivity contribution is -0.136. The van der Waals surface area contributed by atoms with Crippen LogP contribution in [0.2, 0.25) is 0 Å². The average Bonchev–Trinajstić information content (AvgIpc) is 3.25. The molecule has 6 nitrogen and oxygen atoms in total. The maximum Gasteiger partial charge on any atom is 0.226 e. The fourth-order valence-corrected chi connectivity index (χ4v) is 4.09. The minimum absolute atomic E-state index is 0.0685. The van der Waals surface area contributed by atoms with E-state index in [0.29, 0.717) is 23.2 Å². The lowest BCUT2D eigenvalue weighted by Gasteiger charge is -2.27. The highest BCUT2D eigenvalue weighted by molar-refractivity contribution is 5.85. The van der Waals surface area contributed by atoms with Gasteiger partial charge in [0.05, 0.1) is 17.1 Å². The number of aromatic nitrogens is 3. The Bertz CT molecular complexity index is 784. The Hall–Kier alpha value is -2.24. The van der Waals surface area contributed by atoms with Gasteiger partial charge in [0.1, 0.15) is 11.6 Å². The molecule has 0 bridgehead atoms. The normalized spacial score (nSPS) is 21.7. The molecule has 1 amide bonds. The molecule has 0 aromatic carbocycles. The monoisotopic (exact) mass is 325 g/mol. The molecule has 2 aliphatic rings. The standard InChI is InChI=1S/C18H23N5O/c1-11-20-16(19)13-8-9-14(22-17(13)21-11)15-7-4-10-23(15)18(24)12-5-2-3-6-12/h8-9,12,15H,2-7,10H2,1H3,(H2,19,20,21,22)/t15-/m0/s1. The highest BCUT2D eigenvalue weighted by Gasteiger charge is 2.35. The van der Waals surface area contributed by atoms with Crippen LogP contribution in [0.15, 0.2) is 12.1 Å². The van der Waals surface area contributed by atoms with E-state index < -0.39 is 0 Å². The minimum atomic E-state index is 0.0685. The van der Waals surface area contributed by atoms with Crippen LogP contribution in [-0.4, -0.2) is 32.3 Å². The van der Waals surface area contributed by atoms with Gasteiger partial charge in [-0.1, -0.05) is 12.8 Å². The van der Waals surface area contributed by atoms with Crippen molar-refractivity contribution in [2.75, 3.05) is 12.3 Å². The van der Waals surface area contributed by atoms with Crippen molar-refractivity contribution in [2.24, 2.45) is 5.92 Å². The van der Waals surface area contributed by atoms with Gasteiger partial charge in [-0.15, -0.1) is 0 Å². The van der Waals surface area contributed by atoms with E-state index in [1.165, 1.54) is 12.8 Å². The summed E-state index contributed by atoms with van der Waals surface area (Å²) in [6.07, 6.45) is 6.44. The van der Waals surface area contributed by atoms with Crippen LogP contribution < -0.4 is 5.73 Å². The van der Waals surface area contributed by atoms with Crippen molar-refractivity contribution >= 4 is 22.8 Å². The average molecular weight is 325 g/mol. The first-order valence-electron chi connectivity index (χ1n) is 8.85. The Morgan fingerprint density at radius 1 is 1.12 bits per heavy atom. The van der Waals surface area contributed by atoms with Crippen LogP contribution in [0, 0.1) is 12.8 Å². The van der Waals surface area contributed by atoms with Crippen LogP contribution in [0.25, 0.3) is 11.0 Å². The van der Waals surface area contributed by atoms with E-state index in [4.69, 9.17) is 10.7 Å². The molecule has 126 valence electrons. The van der Waals surface area contributed by atoms with Crippen molar-refractivity contribution in [3.8, 4) is 0 Å². The molecule has 3 heterocycles. The third kappa shape index (κ3) is 2.60. The predicted molar refractivity (Wildman–Crippen MR) is 92.1 cm³/mol. The first-order chi connectivity index (χ1) is 11.6. The van der Waals surface area contributed by atoms with Gasteiger partial charge in [-0.3, -0.25) is 4.79 Å². The van der Waals surface area contributed by atoms with E-state index >= 15 is 0 Å². The number of carbonyl (C=O) groups excluding carboxylic acids is 1. The van der Waals surface area contributed by atoms with Crippen LogP contribution >= 0.6 is 0 Å². The number of likely N-dealkylation sites (tertiary alicyclic amines) is 1. The lowest BCUT2D eigenvalue weighted by atomic mass is 10.0. The molecule has 1 saturated carbocycles. The summed E-state index contributed by atoms with van der Waals surface area (Å²) in [6, 6.07) is 3.98. The third-order valence-electron chi connectivity index (χ3n) is 5.30. The summed E-state index contributed by atoms with van der Waals surface area (Å²) in [7, 11) is 0. The second-order valence-corrected chi connectivity index (χ2v) is 6.93. The number of rotatable bonds is 2. The number of anilines is 1. The first-order valence-corrected chi connectivity index (χ1v) is 8.85. The van der Waals surface area contributed by atoms with E-state index in [1.54, 1.807) is 0 Å². The molecular formula is C18H23N5O. The van der Waals surface area contributed by atoms with Gasteiger partial charge in [0, 0.05) is 12.5 Å². The highest BCUT2D eigenvalue weighted by atomic mass is 16.2. The second-order valence-electron chi connectivity index (χ2n) is 6.93. The molecule has 1 aliphatic heterocycles. The van der Waals surface area contributed by atoms with Gasteiger partial charge in [0.15, 0.2) is 5.65 Å². The van der Waals surface area contributed by atoms with Gasteiger partial charge in [-0.05, 0) is 44.7 Å². The van der Waals surface area contributed by atoms with E-state index in [0.717, 1.165) is 43.3 Å². The molecular weight excluding hydrogens is 302 g/mol. The van der Waals surface area contributed by atoms with E-state index in [-0.39, 0.29) is 12.0 Å². The molecule has 0 spiro atoms. The van der Waals surface area contributed by atoms with Crippen molar-refractivity contribution in [1.82, 2.24) is 19.9 Å². The van der Waals surface area contributed by atoms with Crippen LogP contribution in [0.1, 0.15) is 56.1 Å². The number of nitrogens with zero attached hydrogens (tertiary/aromatic N) is 4. The van der Waals surface area contributed by atoms with Crippen LogP contribution in [-0.2, 0) is 4.79 Å². The largest absolute Gasteiger partial charge is 0.383 e. The number of fused-ring (bicyclic) bond motifs is 1. The van der Waals surface area contributed by atoms with Crippen LogP contribution in [0.3, 0.4) is 0 Å². The summed E-state index contributed by atoms with van der Waals surface area (Å²) < 4.78 is 0. The fraction of sp³-hybridized carbons (Fsp3) is 0.556. The van der Waals surface area contributed by atoms with Crippen molar-refractivity contribution < 1.29 is 4.79 Å². The molecule has 6 heteroatoms. The molecule has 2 N–H and O–H groups in total. The van der Waals surface area contributed by atoms with Crippen molar-refractivity contribution in [3.05, 3.63) is 23.7 Å². The number of carbonyl (C=O) groups is 1. The minimum Gasteiger partial charge on any atom is -0.383 e. The van der Waals surface area contributed by atoms with E-state index in [9.17, 15) is 4.79 Å². The molecule has 24 heavy (non-hydrogen) atoms. The Kier molecular flexibility index (Phi) is 3.82. The van der Waals surface area contributed by atoms with Crippen molar-refractivity contribution in [1.29, 1.82) is 0 Å². The van der Waals surface area contributed by atoms with Gasteiger partial charge in [-0.25, -0.2) is 15.0 Å². The fourth-order valence-electron chi connectivity index (χ4n) is 4.09. The molecule has 2 aromatic rings. The SMILES string of the molecule is Cc1nc(N)c2ccc([C@@H]3CCCN3C(=O)C3CCCC3)nc2n1. The molecule has 2 aromatic heterocycles. The summed E-state index contributed by atoms with van der Waals surface area (Å²) in [5, 5.41) is 0.774. The summed E-state index contributed by atoms with van der Waals surface area (Å²) in [5.41, 5.74) is 7.51. The van der Waals surface area contributed by atoms with Crippen LogP contribution in [0.4, 0.5) is 5.82 Å². The summed E-state index contributed by atoms with van der Waals surface area (Å²) in [6.45, 7) is 2.65. The zero-order valence-corrected chi connectivity index (χ0v) is 14.0. The maximum absolute atomic E-state index is 12.9. The molecule has 4 rings (SSSR count). The molecule has 0 unspecified atom stereocenters. The molecule has 1 aliphatic carbocycles. The molecule has 1 saturated heterocycles. The molecule has 1 atom stereocenters. The molecule has 2 fully saturated rings. The zero-order valence-electron chi connectivity index (χ0n) is 14.0. The summed E-state index contributed by atoms with van der Waals surface area (Å²) in [5.74, 6) is 1.61. The quantitative estimate of drug-likeness (QED) is 0.917. The van der Waals surface area contributed by atoms with Gasteiger partial charge in [-0.2, -0.15) is 0 Å². The Morgan fingerprint density at radius 2 is 1.92 bits per heavy atom. The Balaban J connectivity index is 1.66. The Labute approximate surface area is 141 Å². The highest BCUT2D eigenvalue weighted by Crippen LogP contribution is 2.36. The van der Waals surface area contributed by atoms with Crippen molar-refractivity contribution in [3.63, 3.8) is 0 Å². The second kappa shape index (κ2) is 6.00. The number of amides is 1. The van der Waals surface area contributed by atoms with Crippen LogP contribution in [0.5, 0.6) is 0 Å². The number of aryl methyl sites for hydroxylation is 1. The smallest absolute Gasteiger partial charge is 0.226 e. The third-order valence-corrected chi connectivity index (χ3v) is 5.30. The van der Waals surface area contributed by atoms with Crippen molar-refractivity contribution in [2.45, 2.75) is 51.5 Å². The topological polar surface area (TPSA) is 85.0 Å². The van der Waals surface area contributed by atoms with Gasteiger partial charge < -0.3 is 10.6 Å². The van der Waals surface area contributed by atoms with E-state index in [1.807, 2.05) is 24.0 Å².